The van der Waals surface area contributed by atoms with Crippen LogP contribution in [0.25, 0.3) is 0 Å². The number of hydrogen-bond donors (Lipinski definition) is 2. The van der Waals surface area contributed by atoms with E-state index in [9.17, 15) is 14.4 Å². The third kappa shape index (κ3) is 6.61. The number of hydrogen-bond acceptors (Lipinski definition) is 7. The Labute approximate surface area is 193 Å². The molecular formula is C24H30N2O7. The molecule has 2 rings (SSSR count). The van der Waals surface area contributed by atoms with Crippen molar-refractivity contribution in [3.05, 3.63) is 48.0 Å². The molecule has 0 aromatic heterocycles. The minimum Gasteiger partial charge on any atom is -0.495 e. The van der Waals surface area contributed by atoms with Crippen molar-refractivity contribution in [1.29, 1.82) is 0 Å². The highest BCUT2D eigenvalue weighted by molar-refractivity contribution is 5.98. The molecule has 0 spiro atoms. The van der Waals surface area contributed by atoms with E-state index in [0.717, 1.165) is 0 Å². The Hall–Kier alpha value is -3.75. The maximum Gasteiger partial charge on any atom is 0.331 e. The number of carbonyl (C=O) groups is 3. The molecule has 2 aromatic carbocycles. The molecule has 0 heterocycles. The average molecular weight is 459 g/mol. The molecule has 33 heavy (non-hydrogen) atoms. The van der Waals surface area contributed by atoms with Crippen LogP contribution in [-0.4, -0.2) is 51.3 Å². The molecule has 1 atom stereocenters. The number of rotatable bonds is 11. The predicted octanol–water partition coefficient (Wildman–Crippen LogP) is 3.18. The van der Waals surface area contributed by atoms with Crippen molar-refractivity contribution in [2.24, 2.45) is 0 Å². The van der Waals surface area contributed by atoms with Crippen LogP contribution >= 0.6 is 0 Å². The monoisotopic (exact) mass is 458 g/mol. The fourth-order valence-corrected chi connectivity index (χ4v) is 3.27. The number of methoxy groups -OCH3 is 3. The molecule has 9 nitrogen and oxygen atoms in total. The third-order valence-electron chi connectivity index (χ3n) is 4.94. The van der Waals surface area contributed by atoms with Gasteiger partial charge in [0.1, 0.15) is 11.3 Å². The van der Waals surface area contributed by atoms with Gasteiger partial charge in [-0.3, -0.25) is 9.59 Å². The van der Waals surface area contributed by atoms with E-state index in [0.29, 0.717) is 24.3 Å². The second-order valence-corrected chi connectivity index (χ2v) is 7.43. The number of nitrogens with one attached hydrogen (secondary N) is 2. The summed E-state index contributed by atoms with van der Waals surface area (Å²) in [7, 11) is 4.22. The average Bonchev–Trinajstić information content (AvgIpc) is 2.82. The summed E-state index contributed by atoms with van der Waals surface area (Å²) in [5.41, 5.74) is -0.364. The summed E-state index contributed by atoms with van der Waals surface area (Å²) >= 11 is 0. The quantitative estimate of drug-likeness (QED) is 0.497. The van der Waals surface area contributed by atoms with E-state index in [-0.39, 0.29) is 23.7 Å². The van der Waals surface area contributed by atoms with E-state index in [2.05, 4.69) is 10.6 Å². The maximum atomic E-state index is 12.8. The summed E-state index contributed by atoms with van der Waals surface area (Å²) in [4.78, 5) is 37.2. The molecule has 9 heteroatoms. The first-order chi connectivity index (χ1) is 15.8. The van der Waals surface area contributed by atoms with Gasteiger partial charge in [0.15, 0.2) is 18.1 Å². The topological polar surface area (TPSA) is 112 Å². The van der Waals surface area contributed by atoms with E-state index in [1.807, 2.05) is 6.92 Å². The van der Waals surface area contributed by atoms with Gasteiger partial charge >= 0.3 is 5.97 Å². The van der Waals surface area contributed by atoms with Gasteiger partial charge in [0.05, 0.1) is 27.0 Å². The molecule has 0 fully saturated rings. The summed E-state index contributed by atoms with van der Waals surface area (Å²) in [6.07, 6.45) is 1.10. The molecular weight excluding hydrogens is 428 g/mol. The van der Waals surface area contributed by atoms with Crippen molar-refractivity contribution >= 4 is 23.5 Å². The smallest absolute Gasteiger partial charge is 0.331 e. The van der Waals surface area contributed by atoms with Crippen LogP contribution in [0.3, 0.4) is 0 Å². The normalized spacial score (nSPS) is 12.2. The Morgan fingerprint density at radius 3 is 2.27 bits per heavy atom. The molecule has 0 bridgehead atoms. The summed E-state index contributed by atoms with van der Waals surface area (Å²) in [5, 5.41) is 5.45. The third-order valence-corrected chi connectivity index (χ3v) is 4.94. The lowest BCUT2D eigenvalue weighted by atomic mass is 9.95. The minimum absolute atomic E-state index is 0.267. The van der Waals surface area contributed by atoms with Gasteiger partial charge < -0.3 is 29.6 Å². The Bertz CT molecular complexity index is 993. The minimum atomic E-state index is -1.15. The van der Waals surface area contributed by atoms with Gasteiger partial charge in [0.25, 0.3) is 11.8 Å². The Morgan fingerprint density at radius 2 is 1.64 bits per heavy atom. The molecule has 0 aliphatic heterocycles. The van der Waals surface area contributed by atoms with E-state index in [1.54, 1.807) is 31.2 Å². The van der Waals surface area contributed by atoms with Gasteiger partial charge in [0, 0.05) is 5.56 Å². The highest BCUT2D eigenvalue weighted by Crippen LogP contribution is 2.29. The first-order valence-electron chi connectivity index (χ1n) is 10.4. The maximum absolute atomic E-state index is 12.8. The van der Waals surface area contributed by atoms with Crippen molar-refractivity contribution in [2.45, 2.75) is 32.2 Å². The van der Waals surface area contributed by atoms with E-state index >= 15 is 0 Å². The van der Waals surface area contributed by atoms with Crippen LogP contribution in [0.5, 0.6) is 17.2 Å². The molecule has 0 aliphatic rings. The molecule has 0 radical (unpaired) electrons. The molecule has 2 amide bonds. The second-order valence-electron chi connectivity index (χ2n) is 7.43. The summed E-state index contributed by atoms with van der Waals surface area (Å²) in [6.45, 7) is 3.25. The van der Waals surface area contributed by atoms with Crippen LogP contribution in [0.2, 0.25) is 0 Å². The van der Waals surface area contributed by atoms with Crippen LogP contribution in [0, 0.1) is 0 Å². The van der Waals surface area contributed by atoms with Gasteiger partial charge in [-0.25, -0.2) is 4.79 Å². The molecule has 0 saturated heterocycles. The number of esters is 1. The Morgan fingerprint density at radius 1 is 0.939 bits per heavy atom. The number of benzene rings is 2. The van der Waals surface area contributed by atoms with Gasteiger partial charge in [-0.05, 0) is 43.7 Å². The van der Waals surface area contributed by atoms with Crippen molar-refractivity contribution in [2.75, 3.05) is 33.3 Å². The first-order valence-corrected chi connectivity index (χ1v) is 10.4. The highest BCUT2D eigenvalue weighted by atomic mass is 16.5. The lowest BCUT2D eigenvalue weighted by Crippen LogP contribution is -2.52. The van der Waals surface area contributed by atoms with E-state index in [1.165, 1.54) is 39.5 Å². The number of ether oxygens (including phenoxy) is 4. The zero-order valence-electron chi connectivity index (χ0n) is 19.5. The van der Waals surface area contributed by atoms with Gasteiger partial charge in [0.2, 0.25) is 0 Å². The first kappa shape index (κ1) is 25.5. The van der Waals surface area contributed by atoms with Crippen molar-refractivity contribution in [3.63, 3.8) is 0 Å². The van der Waals surface area contributed by atoms with Crippen molar-refractivity contribution < 1.29 is 33.3 Å². The Balaban J connectivity index is 2.08. The summed E-state index contributed by atoms with van der Waals surface area (Å²) in [5.74, 6) is -0.296. The number of anilines is 1. The van der Waals surface area contributed by atoms with Crippen LogP contribution in [0.4, 0.5) is 5.69 Å². The zero-order valence-corrected chi connectivity index (χ0v) is 19.5. The van der Waals surface area contributed by atoms with Gasteiger partial charge in [-0.1, -0.05) is 25.5 Å². The zero-order chi connectivity index (χ0) is 24.4. The van der Waals surface area contributed by atoms with Crippen LogP contribution in [0.1, 0.15) is 37.0 Å². The lowest BCUT2D eigenvalue weighted by Gasteiger charge is -2.27. The summed E-state index contributed by atoms with van der Waals surface area (Å²) < 4.78 is 20.9. The van der Waals surface area contributed by atoms with E-state index in [4.69, 9.17) is 18.9 Å². The molecule has 2 aromatic rings. The molecule has 2 N–H and O–H groups in total. The van der Waals surface area contributed by atoms with Crippen LogP contribution in [0.15, 0.2) is 42.5 Å². The van der Waals surface area contributed by atoms with Crippen LogP contribution in [-0.2, 0) is 14.3 Å². The SMILES string of the molecule is CCCC(C)(NC(=O)c1ccc(OCC(=O)Nc2ccccc2OC)c(OC)c1)C(=O)OC. The predicted molar refractivity (Wildman–Crippen MR) is 123 cm³/mol. The lowest BCUT2D eigenvalue weighted by molar-refractivity contribution is -0.147. The van der Waals surface area contributed by atoms with E-state index < -0.39 is 23.3 Å². The largest absolute Gasteiger partial charge is 0.495 e. The molecule has 178 valence electrons. The fraction of sp³-hybridized carbons (Fsp3) is 0.375. The number of carbonyl (C=O) groups excluding carboxylic acids is 3. The summed E-state index contributed by atoms with van der Waals surface area (Å²) in [6, 6.07) is 11.5. The Kier molecular flexibility index (Phi) is 9.08. The molecule has 1 unspecified atom stereocenters. The van der Waals surface area contributed by atoms with Crippen molar-refractivity contribution in [3.8, 4) is 17.2 Å². The number of para-hydroxylation sites is 2. The van der Waals surface area contributed by atoms with Gasteiger partial charge in [-0.2, -0.15) is 0 Å². The van der Waals surface area contributed by atoms with Gasteiger partial charge in [-0.15, -0.1) is 0 Å². The standard InChI is InChI=1S/C24H30N2O7/c1-6-13-24(2,23(29)32-5)26-22(28)16-11-12-19(20(14-16)31-4)33-15-21(27)25-17-9-7-8-10-18(17)30-3/h7-12,14H,6,13,15H2,1-5H3,(H,25,27)(H,26,28). The highest BCUT2D eigenvalue weighted by Gasteiger charge is 2.35. The second kappa shape index (κ2) is 11.8. The molecule has 0 saturated carbocycles. The van der Waals surface area contributed by atoms with Crippen molar-refractivity contribution in [1.82, 2.24) is 5.32 Å². The number of amides is 2. The molecule has 0 aliphatic carbocycles. The fourth-order valence-electron chi connectivity index (χ4n) is 3.27. The van der Waals surface area contributed by atoms with Crippen LogP contribution < -0.4 is 24.8 Å².